The van der Waals surface area contributed by atoms with Gasteiger partial charge in [-0.2, -0.15) is 0 Å². The molecule has 90 valence electrons. The molecule has 0 aliphatic carbocycles. The molecule has 1 aromatic carbocycles. The Morgan fingerprint density at radius 2 is 2.24 bits per heavy atom. The van der Waals surface area contributed by atoms with E-state index in [-0.39, 0.29) is 12.4 Å². The van der Waals surface area contributed by atoms with Gasteiger partial charge in [0.05, 0.1) is 4.92 Å². The number of hydrogen-bond acceptors (Lipinski definition) is 4. The number of nitrogens with zero attached hydrogens (tertiary/aromatic N) is 1. The molecule has 6 nitrogen and oxygen atoms in total. The molecule has 7 heteroatoms. The summed E-state index contributed by atoms with van der Waals surface area (Å²) in [7, 11) is 0. The molecule has 1 rings (SSSR count). The zero-order valence-electron chi connectivity index (χ0n) is 8.55. The number of rotatable bonds is 5. The van der Waals surface area contributed by atoms with Gasteiger partial charge in [-0.15, -0.1) is 0 Å². The lowest BCUT2D eigenvalue weighted by Crippen LogP contribution is -2.07. The molecule has 0 saturated heterocycles. The topological polar surface area (TPSA) is 89.7 Å². The van der Waals surface area contributed by atoms with E-state index in [1.54, 1.807) is 0 Å². The number of carboxylic acids is 1. The maximum absolute atomic E-state index is 11.0. The summed E-state index contributed by atoms with van der Waals surface area (Å²) in [4.78, 5) is 20.9. The Labute approximate surface area is 105 Å². The normalized spacial score (nSPS) is 9.71. The van der Waals surface area contributed by atoms with Crippen molar-refractivity contribution < 1.29 is 19.6 Å². The van der Waals surface area contributed by atoms with Crippen LogP contribution in [0.25, 0.3) is 0 Å². The standard InChI is InChI=1S/C10H8BrNO5/c1-6(11)5-17-8-4-2-3-7(12(15)16)9(8)10(13)14/h2-4H,1,5H2,(H,13,14). The zero-order chi connectivity index (χ0) is 13.0. The van der Waals surface area contributed by atoms with Crippen LogP contribution in [0, 0.1) is 10.1 Å². The second-order valence-corrected chi connectivity index (χ2v) is 4.14. The lowest BCUT2D eigenvalue weighted by atomic mass is 10.1. The van der Waals surface area contributed by atoms with Crippen LogP contribution in [0.3, 0.4) is 0 Å². The van der Waals surface area contributed by atoms with E-state index in [9.17, 15) is 14.9 Å². The number of carboxylic acid groups (broad SMARTS) is 1. The maximum atomic E-state index is 11.0. The van der Waals surface area contributed by atoms with Crippen molar-refractivity contribution in [3.63, 3.8) is 0 Å². The highest BCUT2D eigenvalue weighted by atomic mass is 79.9. The molecule has 0 aliphatic heterocycles. The van der Waals surface area contributed by atoms with E-state index in [4.69, 9.17) is 9.84 Å². The Morgan fingerprint density at radius 1 is 1.59 bits per heavy atom. The van der Waals surface area contributed by atoms with Crippen molar-refractivity contribution in [3.05, 3.63) is 44.9 Å². The zero-order valence-corrected chi connectivity index (χ0v) is 10.1. The summed E-state index contributed by atoms with van der Waals surface area (Å²) in [5, 5.41) is 19.6. The number of nitro benzene ring substituents is 1. The average molecular weight is 302 g/mol. The van der Waals surface area contributed by atoms with Crippen LogP contribution in [0.1, 0.15) is 10.4 Å². The van der Waals surface area contributed by atoms with Gasteiger partial charge in [0.1, 0.15) is 12.4 Å². The third-order valence-electron chi connectivity index (χ3n) is 1.80. The van der Waals surface area contributed by atoms with E-state index >= 15 is 0 Å². The van der Waals surface area contributed by atoms with Gasteiger partial charge in [0, 0.05) is 10.5 Å². The predicted molar refractivity (Wildman–Crippen MR) is 63.6 cm³/mol. The minimum absolute atomic E-state index is 0.0292. The second-order valence-electron chi connectivity index (χ2n) is 3.02. The molecular formula is C10H8BrNO5. The molecule has 0 aliphatic rings. The molecule has 0 aromatic heterocycles. The van der Waals surface area contributed by atoms with E-state index in [0.717, 1.165) is 6.07 Å². The molecule has 0 unspecified atom stereocenters. The summed E-state index contributed by atoms with van der Waals surface area (Å²) in [5.41, 5.74) is -0.971. The maximum Gasteiger partial charge on any atom is 0.346 e. The van der Waals surface area contributed by atoms with E-state index in [1.165, 1.54) is 12.1 Å². The third-order valence-corrected chi connectivity index (χ3v) is 2.03. The first-order valence-corrected chi connectivity index (χ1v) is 5.19. The van der Waals surface area contributed by atoms with Crippen molar-refractivity contribution in [1.82, 2.24) is 0 Å². The van der Waals surface area contributed by atoms with Crippen molar-refractivity contribution in [3.8, 4) is 5.75 Å². The molecule has 0 radical (unpaired) electrons. The Morgan fingerprint density at radius 3 is 2.71 bits per heavy atom. The molecule has 0 bridgehead atoms. The van der Waals surface area contributed by atoms with Gasteiger partial charge in [-0.1, -0.05) is 28.6 Å². The molecule has 0 saturated carbocycles. The monoisotopic (exact) mass is 301 g/mol. The van der Waals surface area contributed by atoms with Gasteiger partial charge in [0.2, 0.25) is 0 Å². The second kappa shape index (κ2) is 5.44. The van der Waals surface area contributed by atoms with Gasteiger partial charge in [-0.05, 0) is 6.07 Å². The fraction of sp³-hybridized carbons (Fsp3) is 0.100. The van der Waals surface area contributed by atoms with Crippen LogP contribution < -0.4 is 4.74 Å². The SMILES string of the molecule is C=C(Br)COc1cccc([N+](=O)[O-])c1C(=O)O. The molecule has 1 aromatic rings. The van der Waals surface area contributed by atoms with Crippen molar-refractivity contribution in [2.75, 3.05) is 6.61 Å². The molecule has 17 heavy (non-hydrogen) atoms. The van der Waals surface area contributed by atoms with Crippen LogP contribution >= 0.6 is 15.9 Å². The number of benzene rings is 1. The van der Waals surface area contributed by atoms with Crippen molar-refractivity contribution in [2.45, 2.75) is 0 Å². The summed E-state index contributed by atoms with van der Waals surface area (Å²) < 4.78 is 5.62. The quantitative estimate of drug-likeness (QED) is 0.667. The summed E-state index contributed by atoms with van der Waals surface area (Å²) in [5.74, 6) is -1.47. The van der Waals surface area contributed by atoms with Crippen LogP contribution in [0.5, 0.6) is 5.75 Å². The van der Waals surface area contributed by atoms with Crippen molar-refractivity contribution in [1.29, 1.82) is 0 Å². The van der Waals surface area contributed by atoms with Gasteiger partial charge >= 0.3 is 5.97 Å². The van der Waals surface area contributed by atoms with Gasteiger partial charge in [0.15, 0.2) is 5.56 Å². The highest BCUT2D eigenvalue weighted by Crippen LogP contribution is 2.28. The number of nitro groups is 1. The smallest absolute Gasteiger partial charge is 0.346 e. The van der Waals surface area contributed by atoms with Crippen molar-refractivity contribution in [2.24, 2.45) is 0 Å². The fourth-order valence-electron chi connectivity index (χ4n) is 1.16. The molecular weight excluding hydrogens is 294 g/mol. The molecule has 1 N–H and O–H groups in total. The van der Waals surface area contributed by atoms with E-state index < -0.39 is 22.1 Å². The molecule has 0 amide bonds. The Hall–Kier alpha value is -1.89. The van der Waals surface area contributed by atoms with Crippen LogP contribution in [0.4, 0.5) is 5.69 Å². The first-order chi connectivity index (χ1) is 7.93. The Balaban J connectivity index is 3.20. The minimum Gasteiger partial charge on any atom is -0.487 e. The Bertz CT molecular complexity index is 486. The Kier molecular flexibility index (Phi) is 4.22. The van der Waals surface area contributed by atoms with Crippen LogP contribution in [-0.2, 0) is 0 Å². The number of ether oxygens (including phenoxy) is 1. The van der Waals surface area contributed by atoms with Gasteiger partial charge in [-0.25, -0.2) is 4.79 Å². The molecule has 0 heterocycles. The van der Waals surface area contributed by atoms with Crippen molar-refractivity contribution >= 4 is 27.6 Å². The lowest BCUT2D eigenvalue weighted by molar-refractivity contribution is -0.385. The molecule has 0 spiro atoms. The highest BCUT2D eigenvalue weighted by molar-refractivity contribution is 9.11. The third kappa shape index (κ3) is 3.28. The number of hydrogen-bond donors (Lipinski definition) is 1. The van der Waals surface area contributed by atoms with E-state index in [2.05, 4.69) is 22.5 Å². The number of aromatic carboxylic acids is 1. The predicted octanol–water partition coefficient (Wildman–Crippen LogP) is 2.58. The molecule has 0 fully saturated rings. The first kappa shape index (κ1) is 13.2. The summed E-state index contributed by atoms with van der Waals surface area (Å²) >= 11 is 3.04. The molecule has 0 atom stereocenters. The fourth-order valence-corrected chi connectivity index (χ4v) is 1.28. The van der Waals surface area contributed by atoms with Crippen LogP contribution in [0.15, 0.2) is 29.3 Å². The van der Waals surface area contributed by atoms with Gasteiger partial charge in [0.25, 0.3) is 5.69 Å². The van der Waals surface area contributed by atoms with E-state index in [0.29, 0.717) is 4.48 Å². The summed E-state index contributed by atoms with van der Waals surface area (Å²) in [6.45, 7) is 3.54. The van der Waals surface area contributed by atoms with Gasteiger partial charge in [-0.3, -0.25) is 10.1 Å². The van der Waals surface area contributed by atoms with Gasteiger partial charge < -0.3 is 9.84 Å². The minimum atomic E-state index is -1.41. The average Bonchev–Trinajstić information content (AvgIpc) is 2.25. The lowest BCUT2D eigenvalue weighted by Gasteiger charge is -2.08. The van der Waals surface area contributed by atoms with E-state index in [1.807, 2.05) is 0 Å². The summed E-state index contributed by atoms with van der Waals surface area (Å²) in [6.07, 6.45) is 0. The largest absolute Gasteiger partial charge is 0.487 e. The van der Waals surface area contributed by atoms with Crippen LogP contribution in [0.2, 0.25) is 0 Å². The highest BCUT2D eigenvalue weighted by Gasteiger charge is 2.24. The van der Waals surface area contributed by atoms with Crippen LogP contribution in [-0.4, -0.2) is 22.6 Å². The number of halogens is 1. The summed E-state index contributed by atoms with van der Waals surface area (Å²) in [6, 6.07) is 3.82. The number of carbonyl (C=O) groups is 1. The first-order valence-electron chi connectivity index (χ1n) is 4.40.